The second-order valence-corrected chi connectivity index (χ2v) is 9.48. The van der Waals surface area contributed by atoms with Gasteiger partial charge in [-0.25, -0.2) is 9.78 Å². The predicted molar refractivity (Wildman–Crippen MR) is 122 cm³/mol. The number of carbonyl (C=O) groups is 2. The summed E-state index contributed by atoms with van der Waals surface area (Å²) in [7, 11) is 0. The molecule has 4 rings (SSSR count). The van der Waals surface area contributed by atoms with Crippen molar-refractivity contribution in [2.24, 2.45) is 0 Å². The lowest BCUT2D eigenvalue weighted by atomic mass is 9.99. The molecule has 0 spiro atoms. The number of aryl methyl sites for hydroxylation is 2. The summed E-state index contributed by atoms with van der Waals surface area (Å²) in [5, 5.41) is 5.63. The number of esters is 1. The van der Waals surface area contributed by atoms with Crippen LogP contribution in [0.2, 0.25) is 5.02 Å². The normalized spacial score (nSPS) is 14.1. The van der Waals surface area contributed by atoms with Crippen molar-refractivity contribution in [1.82, 2.24) is 4.98 Å². The molecule has 3 aromatic rings. The Morgan fingerprint density at radius 2 is 2.07 bits per heavy atom. The molecule has 2 heterocycles. The number of ether oxygens (including phenoxy) is 1. The van der Waals surface area contributed by atoms with E-state index in [9.17, 15) is 9.59 Å². The predicted octanol–water partition coefficient (Wildman–Crippen LogP) is 5.98. The lowest BCUT2D eigenvalue weighted by Gasteiger charge is -2.14. The molecule has 0 bridgehead atoms. The molecule has 0 fully saturated rings. The number of aromatic nitrogens is 1. The average Bonchev–Trinajstić information content (AvgIpc) is 3.39. The number of thiazole rings is 1. The van der Waals surface area contributed by atoms with Crippen molar-refractivity contribution in [2.45, 2.75) is 45.1 Å². The number of thiophene rings is 1. The maximum Gasteiger partial charge on any atom is 0.349 e. The second kappa shape index (κ2) is 9.29. The SMILES string of the molecule is CCC(OC(=O)c1cc2c(s1)CCCC2)C(=O)Nc1nc(-c2ccccc2Cl)cs1. The summed E-state index contributed by atoms with van der Waals surface area (Å²) >= 11 is 9.01. The first-order chi connectivity index (χ1) is 14.5. The van der Waals surface area contributed by atoms with Crippen LogP contribution in [0.4, 0.5) is 5.13 Å². The van der Waals surface area contributed by atoms with Gasteiger partial charge in [0.1, 0.15) is 4.88 Å². The molecule has 1 amide bonds. The molecule has 2 aromatic heterocycles. The zero-order chi connectivity index (χ0) is 21.1. The number of carbonyl (C=O) groups excluding carboxylic acids is 2. The Morgan fingerprint density at radius 1 is 1.27 bits per heavy atom. The summed E-state index contributed by atoms with van der Waals surface area (Å²) in [6.45, 7) is 1.81. The van der Waals surface area contributed by atoms with Gasteiger partial charge in [-0.3, -0.25) is 10.1 Å². The van der Waals surface area contributed by atoms with Gasteiger partial charge in [-0.1, -0.05) is 36.7 Å². The number of hydrogen-bond acceptors (Lipinski definition) is 6. The van der Waals surface area contributed by atoms with Crippen LogP contribution in [-0.4, -0.2) is 23.0 Å². The van der Waals surface area contributed by atoms with E-state index < -0.39 is 12.1 Å². The van der Waals surface area contributed by atoms with Crippen molar-refractivity contribution in [1.29, 1.82) is 0 Å². The number of nitrogens with zero attached hydrogens (tertiary/aromatic N) is 1. The molecule has 1 atom stereocenters. The number of fused-ring (bicyclic) bond motifs is 1. The molecule has 0 radical (unpaired) electrons. The minimum atomic E-state index is -0.871. The van der Waals surface area contributed by atoms with Gasteiger partial charge in [-0.2, -0.15) is 0 Å². The Hall–Kier alpha value is -2.22. The van der Waals surface area contributed by atoms with Crippen molar-refractivity contribution < 1.29 is 14.3 Å². The molecule has 0 saturated carbocycles. The van der Waals surface area contributed by atoms with Gasteiger partial charge in [0.2, 0.25) is 0 Å². The van der Waals surface area contributed by atoms with E-state index in [1.54, 1.807) is 6.07 Å². The van der Waals surface area contributed by atoms with E-state index in [4.69, 9.17) is 16.3 Å². The highest BCUT2D eigenvalue weighted by Gasteiger charge is 2.25. The molecule has 8 heteroatoms. The van der Waals surface area contributed by atoms with Crippen LogP contribution in [0.1, 0.15) is 46.3 Å². The number of anilines is 1. The van der Waals surface area contributed by atoms with Crippen LogP contribution in [0.3, 0.4) is 0 Å². The fraction of sp³-hybridized carbons (Fsp3) is 0.318. The van der Waals surface area contributed by atoms with Crippen LogP contribution in [-0.2, 0) is 22.4 Å². The van der Waals surface area contributed by atoms with E-state index in [1.165, 1.54) is 33.1 Å². The van der Waals surface area contributed by atoms with Crippen LogP contribution in [0.25, 0.3) is 11.3 Å². The highest BCUT2D eigenvalue weighted by atomic mass is 35.5. The molecule has 0 aliphatic heterocycles. The number of nitrogens with one attached hydrogen (secondary N) is 1. The van der Waals surface area contributed by atoms with Crippen molar-refractivity contribution in [3.8, 4) is 11.3 Å². The van der Waals surface area contributed by atoms with Crippen LogP contribution in [0.5, 0.6) is 0 Å². The Labute approximate surface area is 188 Å². The molecular weight excluding hydrogens is 440 g/mol. The zero-order valence-corrected chi connectivity index (χ0v) is 18.8. The summed E-state index contributed by atoms with van der Waals surface area (Å²) in [6, 6.07) is 9.32. The van der Waals surface area contributed by atoms with Gasteiger partial charge in [0.15, 0.2) is 11.2 Å². The van der Waals surface area contributed by atoms with E-state index in [1.807, 2.05) is 36.6 Å². The minimum absolute atomic E-state index is 0.380. The molecule has 1 unspecified atom stereocenters. The molecule has 156 valence electrons. The third-order valence-corrected chi connectivity index (χ3v) is 7.30. The van der Waals surface area contributed by atoms with Crippen molar-refractivity contribution in [3.63, 3.8) is 0 Å². The van der Waals surface area contributed by atoms with Crippen LogP contribution >= 0.6 is 34.3 Å². The maximum atomic E-state index is 12.7. The third kappa shape index (κ3) is 4.58. The molecule has 5 nitrogen and oxygen atoms in total. The summed E-state index contributed by atoms with van der Waals surface area (Å²) in [5.74, 6) is -0.820. The number of hydrogen-bond donors (Lipinski definition) is 1. The Kier molecular flexibility index (Phi) is 6.51. The standard InChI is InChI=1S/C22H21ClN2O3S2/c1-2-17(28-21(27)19-11-13-7-3-6-10-18(13)30-19)20(26)25-22-24-16(12-29-22)14-8-4-5-9-15(14)23/h4-5,8-9,11-12,17H,2-3,6-7,10H2,1H3,(H,24,25,26). The highest BCUT2D eigenvalue weighted by molar-refractivity contribution is 7.14. The molecular formula is C22H21ClN2O3S2. The quantitative estimate of drug-likeness (QED) is 0.459. The molecule has 1 N–H and O–H groups in total. The van der Waals surface area contributed by atoms with Crippen molar-refractivity contribution in [3.05, 3.63) is 56.1 Å². The van der Waals surface area contributed by atoms with Gasteiger partial charge in [-0.05, 0) is 49.8 Å². The van der Waals surface area contributed by atoms with Gasteiger partial charge in [0.25, 0.3) is 5.91 Å². The molecule has 0 saturated heterocycles. The average molecular weight is 461 g/mol. The summed E-state index contributed by atoms with van der Waals surface area (Å²) in [6.07, 6.45) is 3.85. The first-order valence-electron chi connectivity index (χ1n) is 9.89. The Bertz CT molecular complexity index is 1050. The fourth-order valence-electron chi connectivity index (χ4n) is 3.41. The molecule has 1 aliphatic rings. The van der Waals surface area contributed by atoms with Crippen LogP contribution in [0, 0.1) is 0 Å². The van der Waals surface area contributed by atoms with E-state index in [2.05, 4.69) is 10.3 Å². The number of halogens is 1. The smallest absolute Gasteiger partial charge is 0.349 e. The van der Waals surface area contributed by atoms with Crippen LogP contribution in [0.15, 0.2) is 35.7 Å². The van der Waals surface area contributed by atoms with E-state index >= 15 is 0 Å². The summed E-state index contributed by atoms with van der Waals surface area (Å²) in [5.41, 5.74) is 2.73. The first kappa shape index (κ1) is 21.0. The monoisotopic (exact) mass is 460 g/mol. The highest BCUT2D eigenvalue weighted by Crippen LogP contribution is 2.31. The summed E-state index contributed by atoms with van der Waals surface area (Å²) < 4.78 is 5.52. The number of benzene rings is 1. The Morgan fingerprint density at radius 3 is 2.83 bits per heavy atom. The van der Waals surface area contributed by atoms with E-state index in [0.717, 1.165) is 31.2 Å². The van der Waals surface area contributed by atoms with Crippen molar-refractivity contribution in [2.75, 3.05) is 5.32 Å². The zero-order valence-electron chi connectivity index (χ0n) is 16.4. The first-order valence-corrected chi connectivity index (χ1v) is 12.0. The second-order valence-electron chi connectivity index (χ2n) is 7.08. The lowest BCUT2D eigenvalue weighted by Crippen LogP contribution is -2.31. The molecule has 1 aliphatic carbocycles. The van der Waals surface area contributed by atoms with Gasteiger partial charge < -0.3 is 4.74 Å². The van der Waals surface area contributed by atoms with Gasteiger partial charge >= 0.3 is 5.97 Å². The van der Waals surface area contributed by atoms with E-state index in [0.29, 0.717) is 27.1 Å². The largest absolute Gasteiger partial charge is 0.448 e. The van der Waals surface area contributed by atoms with E-state index in [-0.39, 0.29) is 5.91 Å². The van der Waals surface area contributed by atoms with Gasteiger partial charge in [0.05, 0.1) is 5.69 Å². The summed E-state index contributed by atoms with van der Waals surface area (Å²) in [4.78, 5) is 31.5. The number of rotatable bonds is 6. The number of amides is 1. The van der Waals surface area contributed by atoms with Crippen molar-refractivity contribution >= 4 is 51.3 Å². The lowest BCUT2D eigenvalue weighted by molar-refractivity contribution is -0.124. The third-order valence-electron chi connectivity index (χ3n) is 4.99. The molecule has 30 heavy (non-hydrogen) atoms. The minimum Gasteiger partial charge on any atom is -0.448 e. The van der Waals surface area contributed by atoms with Crippen LogP contribution < -0.4 is 5.32 Å². The topological polar surface area (TPSA) is 68.3 Å². The van der Waals surface area contributed by atoms with Gasteiger partial charge in [-0.15, -0.1) is 22.7 Å². The van der Waals surface area contributed by atoms with Gasteiger partial charge in [0, 0.05) is 20.8 Å². The fourth-order valence-corrected chi connectivity index (χ4v) is 5.49. The molecule has 1 aromatic carbocycles. The maximum absolute atomic E-state index is 12.7. The Balaban J connectivity index is 1.41.